The smallest absolute Gasteiger partial charge is 0.317 e. The molecule has 2 aromatic carbocycles. The van der Waals surface area contributed by atoms with Crippen LogP contribution in [0, 0.1) is 0 Å². The molecule has 27 heavy (non-hydrogen) atoms. The van der Waals surface area contributed by atoms with Gasteiger partial charge in [-0.25, -0.2) is 4.79 Å². The van der Waals surface area contributed by atoms with E-state index in [1.165, 1.54) is 11.3 Å². The van der Waals surface area contributed by atoms with Gasteiger partial charge in [0.25, 0.3) is 0 Å². The molecule has 0 spiro atoms. The van der Waals surface area contributed by atoms with Crippen molar-refractivity contribution >= 4 is 23.3 Å². The molecule has 3 rings (SSSR count). The number of carbonyl (C=O) groups excluding carboxylic acids is 1. The number of rotatable bonds is 3. The van der Waals surface area contributed by atoms with Gasteiger partial charge in [0.05, 0.1) is 0 Å². The third kappa shape index (κ3) is 4.95. The standard InChI is InChI=1S/C22H28ClN3O/c1-22(2,3)19-6-4-5-7-20(19)25-12-14-26(15-13-25)21(27)24-16-17-8-10-18(23)11-9-17/h4-11H,12-16H2,1-3H3,(H,24,27). The minimum atomic E-state index is -0.00583. The Morgan fingerprint density at radius 3 is 2.26 bits per heavy atom. The first-order valence-corrected chi connectivity index (χ1v) is 9.84. The van der Waals surface area contributed by atoms with Crippen molar-refractivity contribution in [2.45, 2.75) is 32.7 Å². The number of anilines is 1. The highest BCUT2D eigenvalue weighted by Gasteiger charge is 2.25. The van der Waals surface area contributed by atoms with E-state index in [2.05, 4.69) is 55.3 Å². The maximum absolute atomic E-state index is 12.5. The highest BCUT2D eigenvalue weighted by Crippen LogP contribution is 2.32. The van der Waals surface area contributed by atoms with Gasteiger partial charge in [-0.3, -0.25) is 0 Å². The molecule has 1 fully saturated rings. The number of urea groups is 1. The number of hydrogen-bond acceptors (Lipinski definition) is 2. The molecule has 0 aliphatic carbocycles. The molecule has 2 amide bonds. The van der Waals surface area contributed by atoms with E-state index in [9.17, 15) is 4.79 Å². The highest BCUT2D eigenvalue weighted by molar-refractivity contribution is 6.30. The third-order valence-electron chi connectivity index (χ3n) is 4.98. The molecule has 1 aliphatic rings. The van der Waals surface area contributed by atoms with Crippen molar-refractivity contribution in [1.82, 2.24) is 10.2 Å². The lowest BCUT2D eigenvalue weighted by molar-refractivity contribution is 0.194. The normalized spacial score (nSPS) is 15.0. The van der Waals surface area contributed by atoms with Crippen molar-refractivity contribution in [3.8, 4) is 0 Å². The number of nitrogens with zero attached hydrogens (tertiary/aromatic N) is 2. The minimum Gasteiger partial charge on any atom is -0.368 e. The summed E-state index contributed by atoms with van der Waals surface area (Å²) in [4.78, 5) is 16.8. The SMILES string of the molecule is CC(C)(C)c1ccccc1N1CCN(C(=O)NCc2ccc(Cl)cc2)CC1. The van der Waals surface area contributed by atoms with Crippen LogP contribution in [0.2, 0.25) is 5.02 Å². The van der Waals surface area contributed by atoms with Crippen molar-refractivity contribution in [3.05, 3.63) is 64.7 Å². The van der Waals surface area contributed by atoms with Crippen LogP contribution in [-0.4, -0.2) is 37.1 Å². The fourth-order valence-electron chi connectivity index (χ4n) is 3.43. The van der Waals surface area contributed by atoms with E-state index in [1.807, 2.05) is 29.2 Å². The molecule has 1 saturated heterocycles. The van der Waals surface area contributed by atoms with Crippen LogP contribution in [0.25, 0.3) is 0 Å². The number of carbonyl (C=O) groups is 1. The summed E-state index contributed by atoms with van der Waals surface area (Å²) < 4.78 is 0. The summed E-state index contributed by atoms with van der Waals surface area (Å²) in [6.07, 6.45) is 0. The molecule has 2 aromatic rings. The van der Waals surface area contributed by atoms with Crippen LogP contribution in [0.4, 0.5) is 10.5 Å². The average molecular weight is 386 g/mol. The predicted molar refractivity (Wildman–Crippen MR) is 113 cm³/mol. The molecule has 1 aliphatic heterocycles. The van der Waals surface area contributed by atoms with Crippen molar-refractivity contribution in [2.24, 2.45) is 0 Å². The number of hydrogen-bond donors (Lipinski definition) is 1. The molecule has 5 heteroatoms. The number of para-hydroxylation sites is 1. The van der Waals surface area contributed by atoms with Crippen molar-refractivity contribution in [1.29, 1.82) is 0 Å². The van der Waals surface area contributed by atoms with Crippen molar-refractivity contribution < 1.29 is 4.79 Å². The summed E-state index contributed by atoms with van der Waals surface area (Å²) in [7, 11) is 0. The molecule has 4 nitrogen and oxygen atoms in total. The van der Waals surface area contributed by atoms with Crippen LogP contribution in [0.1, 0.15) is 31.9 Å². The van der Waals surface area contributed by atoms with Crippen LogP contribution >= 0.6 is 11.6 Å². The molecular formula is C22H28ClN3O. The molecule has 0 radical (unpaired) electrons. The summed E-state index contributed by atoms with van der Waals surface area (Å²) in [5.74, 6) is 0. The van der Waals surface area contributed by atoms with Crippen molar-refractivity contribution in [3.63, 3.8) is 0 Å². The van der Waals surface area contributed by atoms with Gasteiger partial charge in [-0.2, -0.15) is 0 Å². The summed E-state index contributed by atoms with van der Waals surface area (Å²) in [6, 6.07) is 16.1. The quantitative estimate of drug-likeness (QED) is 0.833. The second kappa shape index (κ2) is 8.22. The molecule has 0 atom stereocenters. The van der Waals surface area contributed by atoms with Gasteiger partial charge in [-0.15, -0.1) is 0 Å². The monoisotopic (exact) mass is 385 g/mol. The fourth-order valence-corrected chi connectivity index (χ4v) is 3.55. The number of nitrogens with one attached hydrogen (secondary N) is 1. The van der Waals surface area contributed by atoms with Crippen LogP contribution in [-0.2, 0) is 12.0 Å². The van der Waals surface area contributed by atoms with Gasteiger partial charge in [-0.1, -0.05) is 62.7 Å². The van der Waals surface area contributed by atoms with Gasteiger partial charge in [0, 0.05) is 43.4 Å². The lowest BCUT2D eigenvalue weighted by Crippen LogP contribution is -2.52. The topological polar surface area (TPSA) is 35.6 Å². The van der Waals surface area contributed by atoms with E-state index in [4.69, 9.17) is 11.6 Å². The largest absolute Gasteiger partial charge is 0.368 e. The minimum absolute atomic E-state index is 0.00583. The second-order valence-corrected chi connectivity index (χ2v) is 8.46. The Hall–Kier alpha value is -2.20. The number of piperazine rings is 1. The molecular weight excluding hydrogens is 358 g/mol. The highest BCUT2D eigenvalue weighted by atomic mass is 35.5. The van der Waals surface area contributed by atoms with Gasteiger partial charge in [0.1, 0.15) is 0 Å². The van der Waals surface area contributed by atoms with Gasteiger partial charge >= 0.3 is 6.03 Å². The van der Waals surface area contributed by atoms with E-state index in [1.54, 1.807) is 0 Å². The number of amides is 2. The van der Waals surface area contributed by atoms with Gasteiger partial charge in [0.2, 0.25) is 0 Å². The van der Waals surface area contributed by atoms with E-state index < -0.39 is 0 Å². The lowest BCUT2D eigenvalue weighted by atomic mass is 9.85. The summed E-state index contributed by atoms with van der Waals surface area (Å²) >= 11 is 5.90. The summed E-state index contributed by atoms with van der Waals surface area (Å²) in [5, 5.41) is 3.71. The zero-order valence-electron chi connectivity index (χ0n) is 16.3. The van der Waals surface area contributed by atoms with Crippen LogP contribution < -0.4 is 10.2 Å². The lowest BCUT2D eigenvalue weighted by Gasteiger charge is -2.38. The van der Waals surface area contributed by atoms with Gasteiger partial charge < -0.3 is 15.1 Å². The molecule has 1 heterocycles. The predicted octanol–water partition coefficient (Wildman–Crippen LogP) is 4.67. The summed E-state index contributed by atoms with van der Waals surface area (Å²) in [5.41, 5.74) is 3.78. The fraction of sp³-hybridized carbons (Fsp3) is 0.409. The van der Waals surface area contributed by atoms with E-state index in [-0.39, 0.29) is 11.4 Å². The Kier molecular flexibility index (Phi) is 5.95. The Morgan fingerprint density at radius 2 is 1.63 bits per heavy atom. The van der Waals surface area contributed by atoms with Crippen LogP contribution in [0.5, 0.6) is 0 Å². The number of halogens is 1. The van der Waals surface area contributed by atoms with Crippen molar-refractivity contribution in [2.75, 3.05) is 31.1 Å². The zero-order valence-corrected chi connectivity index (χ0v) is 17.1. The maximum atomic E-state index is 12.5. The number of benzene rings is 2. The van der Waals surface area contributed by atoms with E-state index >= 15 is 0 Å². The zero-order chi connectivity index (χ0) is 19.4. The van der Waals surface area contributed by atoms with E-state index in [0.29, 0.717) is 11.6 Å². The molecule has 0 saturated carbocycles. The van der Waals surface area contributed by atoms with E-state index in [0.717, 1.165) is 31.7 Å². The van der Waals surface area contributed by atoms with Crippen LogP contribution in [0.3, 0.4) is 0 Å². The average Bonchev–Trinajstić information content (AvgIpc) is 2.67. The Labute approximate surface area is 167 Å². The van der Waals surface area contributed by atoms with Gasteiger partial charge in [-0.05, 0) is 34.7 Å². The molecule has 0 bridgehead atoms. The molecule has 144 valence electrons. The Morgan fingerprint density at radius 1 is 1.00 bits per heavy atom. The van der Waals surface area contributed by atoms with Crippen LogP contribution in [0.15, 0.2) is 48.5 Å². The Balaban J connectivity index is 1.56. The molecule has 1 N–H and O–H groups in total. The van der Waals surface area contributed by atoms with Gasteiger partial charge in [0.15, 0.2) is 0 Å². The first-order chi connectivity index (χ1) is 12.8. The first-order valence-electron chi connectivity index (χ1n) is 9.46. The summed E-state index contributed by atoms with van der Waals surface area (Å²) in [6.45, 7) is 10.4. The molecule has 0 aromatic heterocycles. The third-order valence-corrected chi connectivity index (χ3v) is 5.23. The second-order valence-electron chi connectivity index (χ2n) is 8.03. The Bertz CT molecular complexity index is 775. The maximum Gasteiger partial charge on any atom is 0.317 e. The first kappa shape index (κ1) is 19.6. The molecule has 0 unspecified atom stereocenters.